The number of H-pyrrole nitrogens is 1. The van der Waals surface area contributed by atoms with Gasteiger partial charge in [-0.1, -0.05) is 6.07 Å². The van der Waals surface area contributed by atoms with Gasteiger partial charge in [-0.05, 0) is 36.8 Å². The Morgan fingerprint density at radius 3 is 3.05 bits per heavy atom. The summed E-state index contributed by atoms with van der Waals surface area (Å²) in [6.07, 6.45) is 3.42. The van der Waals surface area contributed by atoms with Gasteiger partial charge in [0.25, 0.3) is 5.91 Å². The summed E-state index contributed by atoms with van der Waals surface area (Å²) in [5.74, 6) is -0.142. The quantitative estimate of drug-likeness (QED) is 0.644. The molecule has 3 aromatic rings. The number of fused-ring (bicyclic) bond motifs is 1. The number of carbonyl (C=O) groups excluding carboxylic acids is 1. The van der Waals surface area contributed by atoms with Gasteiger partial charge in [0.05, 0.1) is 17.8 Å². The van der Waals surface area contributed by atoms with Crippen molar-refractivity contribution in [2.75, 3.05) is 5.73 Å². The number of aromatic amines is 1. The van der Waals surface area contributed by atoms with Crippen LogP contribution < -0.4 is 11.1 Å². The van der Waals surface area contributed by atoms with Gasteiger partial charge >= 0.3 is 0 Å². The molecule has 5 nitrogen and oxygen atoms in total. The molecule has 1 aromatic carbocycles. The van der Waals surface area contributed by atoms with Crippen LogP contribution in [0, 0.1) is 6.92 Å². The number of rotatable bonds is 3. The van der Waals surface area contributed by atoms with Gasteiger partial charge in [-0.3, -0.25) is 9.78 Å². The Morgan fingerprint density at radius 2 is 2.24 bits per heavy atom. The molecule has 0 bridgehead atoms. The Hall–Kier alpha value is -2.82. The predicted octanol–water partition coefficient (Wildman–Crippen LogP) is 2.38. The van der Waals surface area contributed by atoms with Gasteiger partial charge < -0.3 is 16.0 Å². The number of pyridine rings is 1. The first-order valence-electron chi connectivity index (χ1n) is 6.70. The van der Waals surface area contributed by atoms with Crippen molar-refractivity contribution in [3.63, 3.8) is 0 Å². The Labute approximate surface area is 122 Å². The van der Waals surface area contributed by atoms with Gasteiger partial charge in [0.15, 0.2) is 0 Å². The second-order valence-corrected chi connectivity index (χ2v) is 4.96. The average Bonchev–Trinajstić information content (AvgIpc) is 2.89. The fourth-order valence-electron chi connectivity index (χ4n) is 2.29. The lowest BCUT2D eigenvalue weighted by atomic mass is 10.1. The number of aromatic nitrogens is 2. The number of nitrogens with one attached hydrogen (secondary N) is 2. The van der Waals surface area contributed by atoms with Gasteiger partial charge in [0, 0.05) is 29.0 Å². The molecule has 106 valence electrons. The van der Waals surface area contributed by atoms with Crippen LogP contribution in [0.5, 0.6) is 0 Å². The minimum Gasteiger partial charge on any atom is -0.399 e. The van der Waals surface area contributed by atoms with Gasteiger partial charge in [-0.25, -0.2) is 0 Å². The summed E-state index contributed by atoms with van der Waals surface area (Å²) in [5.41, 5.74) is 9.82. The van der Waals surface area contributed by atoms with E-state index in [4.69, 9.17) is 5.73 Å². The number of amides is 1. The van der Waals surface area contributed by atoms with Crippen molar-refractivity contribution in [1.82, 2.24) is 15.3 Å². The number of carbonyl (C=O) groups is 1. The van der Waals surface area contributed by atoms with E-state index in [1.165, 1.54) is 0 Å². The minimum atomic E-state index is -0.142. The van der Waals surface area contributed by atoms with Crippen LogP contribution in [-0.4, -0.2) is 15.9 Å². The van der Waals surface area contributed by atoms with Crippen molar-refractivity contribution in [3.05, 3.63) is 59.5 Å². The minimum absolute atomic E-state index is 0.142. The SMILES string of the molecule is Cc1cccnc1CNC(=O)c1c[nH]c2ccc(N)cc12. The van der Waals surface area contributed by atoms with E-state index in [1.807, 2.05) is 25.1 Å². The summed E-state index contributed by atoms with van der Waals surface area (Å²) in [6.45, 7) is 2.38. The zero-order valence-electron chi connectivity index (χ0n) is 11.7. The highest BCUT2D eigenvalue weighted by molar-refractivity contribution is 6.07. The molecular formula is C16H16N4O. The zero-order valence-corrected chi connectivity index (χ0v) is 11.7. The van der Waals surface area contributed by atoms with Crippen LogP contribution in [-0.2, 0) is 6.54 Å². The molecule has 4 N–H and O–H groups in total. The molecule has 1 amide bonds. The summed E-state index contributed by atoms with van der Waals surface area (Å²) < 4.78 is 0. The van der Waals surface area contributed by atoms with E-state index >= 15 is 0 Å². The van der Waals surface area contributed by atoms with Crippen LogP contribution in [0.3, 0.4) is 0 Å². The molecule has 2 heterocycles. The summed E-state index contributed by atoms with van der Waals surface area (Å²) in [5, 5.41) is 3.72. The van der Waals surface area contributed by atoms with Crippen LogP contribution in [0.1, 0.15) is 21.6 Å². The van der Waals surface area contributed by atoms with Crippen LogP contribution in [0.2, 0.25) is 0 Å². The first-order valence-corrected chi connectivity index (χ1v) is 6.70. The predicted molar refractivity (Wildman–Crippen MR) is 82.9 cm³/mol. The molecule has 0 aliphatic carbocycles. The third kappa shape index (κ3) is 2.58. The van der Waals surface area contributed by atoms with E-state index in [2.05, 4.69) is 15.3 Å². The van der Waals surface area contributed by atoms with Gasteiger partial charge in [0.1, 0.15) is 0 Å². The van der Waals surface area contributed by atoms with Crippen LogP contribution in [0.4, 0.5) is 5.69 Å². The van der Waals surface area contributed by atoms with Crippen LogP contribution in [0.15, 0.2) is 42.7 Å². The van der Waals surface area contributed by atoms with E-state index in [0.717, 1.165) is 22.2 Å². The van der Waals surface area contributed by atoms with Gasteiger partial charge in [-0.2, -0.15) is 0 Å². The van der Waals surface area contributed by atoms with Crippen LogP contribution in [0.25, 0.3) is 10.9 Å². The fourth-order valence-corrected chi connectivity index (χ4v) is 2.29. The maximum Gasteiger partial charge on any atom is 0.253 e. The highest BCUT2D eigenvalue weighted by Crippen LogP contribution is 2.20. The van der Waals surface area contributed by atoms with Crippen LogP contribution >= 0.6 is 0 Å². The van der Waals surface area contributed by atoms with Crippen molar-refractivity contribution in [2.24, 2.45) is 0 Å². The van der Waals surface area contributed by atoms with Crippen molar-refractivity contribution >= 4 is 22.5 Å². The summed E-state index contributed by atoms with van der Waals surface area (Å²) in [6, 6.07) is 9.32. The number of hydrogen-bond acceptors (Lipinski definition) is 3. The molecule has 5 heteroatoms. The second kappa shape index (κ2) is 5.28. The molecule has 21 heavy (non-hydrogen) atoms. The normalized spacial score (nSPS) is 10.7. The second-order valence-electron chi connectivity index (χ2n) is 4.96. The molecule has 0 atom stereocenters. The van der Waals surface area contributed by atoms with Gasteiger partial charge in [-0.15, -0.1) is 0 Å². The maximum atomic E-state index is 12.3. The maximum absolute atomic E-state index is 12.3. The van der Waals surface area contributed by atoms with E-state index in [-0.39, 0.29) is 5.91 Å². The first kappa shape index (κ1) is 13.2. The summed E-state index contributed by atoms with van der Waals surface area (Å²) >= 11 is 0. The van der Waals surface area contributed by atoms with Crippen molar-refractivity contribution < 1.29 is 4.79 Å². The number of nitrogens with two attached hydrogens (primary N) is 1. The zero-order chi connectivity index (χ0) is 14.8. The lowest BCUT2D eigenvalue weighted by molar-refractivity contribution is 0.0952. The Balaban J connectivity index is 1.81. The molecule has 0 unspecified atom stereocenters. The molecule has 0 spiro atoms. The summed E-state index contributed by atoms with van der Waals surface area (Å²) in [4.78, 5) is 19.7. The van der Waals surface area contributed by atoms with Gasteiger partial charge in [0.2, 0.25) is 0 Å². The molecule has 0 aliphatic rings. The third-order valence-electron chi connectivity index (χ3n) is 3.48. The lowest BCUT2D eigenvalue weighted by Crippen LogP contribution is -2.23. The molecule has 0 radical (unpaired) electrons. The Bertz CT molecular complexity index is 807. The number of benzene rings is 1. The smallest absolute Gasteiger partial charge is 0.253 e. The molecular weight excluding hydrogens is 264 g/mol. The van der Waals surface area contributed by atoms with E-state index < -0.39 is 0 Å². The highest BCUT2D eigenvalue weighted by Gasteiger charge is 2.12. The van der Waals surface area contributed by atoms with E-state index in [9.17, 15) is 4.79 Å². The molecule has 3 rings (SSSR count). The topological polar surface area (TPSA) is 83.8 Å². The number of aryl methyl sites for hydroxylation is 1. The third-order valence-corrected chi connectivity index (χ3v) is 3.48. The number of hydrogen-bond donors (Lipinski definition) is 3. The molecule has 0 saturated heterocycles. The largest absolute Gasteiger partial charge is 0.399 e. The average molecular weight is 280 g/mol. The number of nitrogen functional groups attached to an aromatic ring is 1. The standard InChI is InChI=1S/C16H16N4O/c1-10-3-2-6-18-15(10)9-20-16(21)13-8-19-14-5-4-11(17)7-12(13)14/h2-8,19H,9,17H2,1H3,(H,20,21). The highest BCUT2D eigenvalue weighted by atomic mass is 16.1. The molecule has 0 saturated carbocycles. The number of anilines is 1. The fraction of sp³-hybridized carbons (Fsp3) is 0.125. The van der Waals surface area contributed by atoms with E-state index in [0.29, 0.717) is 17.8 Å². The Morgan fingerprint density at radius 1 is 1.38 bits per heavy atom. The molecule has 0 fully saturated rings. The summed E-state index contributed by atoms with van der Waals surface area (Å²) in [7, 11) is 0. The number of nitrogens with zero attached hydrogens (tertiary/aromatic N) is 1. The lowest BCUT2D eigenvalue weighted by Gasteiger charge is -2.06. The first-order chi connectivity index (χ1) is 10.1. The Kier molecular flexibility index (Phi) is 3.31. The monoisotopic (exact) mass is 280 g/mol. The van der Waals surface area contributed by atoms with Crippen molar-refractivity contribution in [1.29, 1.82) is 0 Å². The van der Waals surface area contributed by atoms with Crippen molar-refractivity contribution in [3.8, 4) is 0 Å². The molecule has 2 aromatic heterocycles. The van der Waals surface area contributed by atoms with E-state index in [1.54, 1.807) is 24.5 Å². The van der Waals surface area contributed by atoms with Crippen molar-refractivity contribution in [2.45, 2.75) is 13.5 Å². The molecule has 0 aliphatic heterocycles.